The summed E-state index contributed by atoms with van der Waals surface area (Å²) in [5, 5.41) is 0. The predicted molar refractivity (Wildman–Crippen MR) is 95.9 cm³/mol. The second kappa shape index (κ2) is 9.67. The predicted octanol–water partition coefficient (Wildman–Crippen LogP) is 3.85. The number of methoxy groups -OCH3 is 1. The molecular formula is C20H25NO4. The molecule has 0 spiro atoms. The molecule has 1 aliphatic heterocycles. The Labute approximate surface area is 148 Å². The quantitative estimate of drug-likeness (QED) is 0.463. The van der Waals surface area contributed by atoms with Crippen molar-refractivity contribution in [2.75, 3.05) is 7.11 Å². The number of ether oxygens (including phenoxy) is 2. The fraction of sp³-hybridized carbons (Fsp3) is 0.400. The fourth-order valence-electron chi connectivity index (χ4n) is 2.98. The maximum absolute atomic E-state index is 12.7. The lowest BCUT2D eigenvalue weighted by atomic mass is 9.95. The molecule has 5 heteroatoms. The van der Waals surface area contributed by atoms with E-state index in [9.17, 15) is 9.59 Å². The highest BCUT2D eigenvalue weighted by Crippen LogP contribution is 2.26. The number of rotatable bonds is 5. The third-order valence-corrected chi connectivity index (χ3v) is 4.20. The van der Waals surface area contributed by atoms with Gasteiger partial charge in [0, 0.05) is 6.08 Å². The number of hydrogen-bond donors (Lipinski definition) is 0. The van der Waals surface area contributed by atoms with Crippen molar-refractivity contribution in [3.8, 4) is 0 Å². The summed E-state index contributed by atoms with van der Waals surface area (Å²) in [6.45, 7) is 2.16. The zero-order valence-electron chi connectivity index (χ0n) is 14.8. The molecule has 25 heavy (non-hydrogen) atoms. The molecule has 1 aromatic carbocycles. The molecular weight excluding hydrogens is 318 g/mol. The lowest BCUT2D eigenvalue weighted by molar-refractivity contribution is -0.134. The fourth-order valence-corrected chi connectivity index (χ4v) is 2.98. The molecule has 1 heterocycles. The molecule has 1 amide bonds. The van der Waals surface area contributed by atoms with E-state index in [1.165, 1.54) is 13.2 Å². The first-order valence-corrected chi connectivity index (χ1v) is 8.53. The number of carbonyl (C=O) groups excluding carboxylic acids is 2. The Balaban J connectivity index is 2.11. The zero-order valence-corrected chi connectivity index (χ0v) is 14.8. The van der Waals surface area contributed by atoms with E-state index in [1.54, 1.807) is 11.0 Å². The number of likely N-dealkylation sites (tertiary alicyclic amines) is 1. The molecule has 134 valence electrons. The molecule has 0 N–H and O–H groups in total. The second-order valence-electron chi connectivity index (χ2n) is 5.92. The van der Waals surface area contributed by atoms with Crippen LogP contribution in [0.3, 0.4) is 0 Å². The lowest BCUT2D eigenvalue weighted by Gasteiger charge is -2.38. The van der Waals surface area contributed by atoms with Gasteiger partial charge in [0.25, 0.3) is 0 Å². The minimum Gasteiger partial charge on any atom is -0.466 e. The summed E-state index contributed by atoms with van der Waals surface area (Å²) < 4.78 is 10.2. The largest absolute Gasteiger partial charge is 0.466 e. The molecule has 0 radical (unpaired) electrons. The highest BCUT2D eigenvalue weighted by Gasteiger charge is 2.32. The van der Waals surface area contributed by atoms with Gasteiger partial charge >= 0.3 is 12.1 Å². The van der Waals surface area contributed by atoms with E-state index in [2.05, 4.69) is 4.74 Å². The topological polar surface area (TPSA) is 55.8 Å². The maximum Gasteiger partial charge on any atom is 0.411 e. The first-order chi connectivity index (χ1) is 12.2. The summed E-state index contributed by atoms with van der Waals surface area (Å²) >= 11 is 0. The third-order valence-electron chi connectivity index (χ3n) is 4.20. The van der Waals surface area contributed by atoms with Crippen LogP contribution in [0, 0.1) is 0 Å². The minimum atomic E-state index is -0.425. The second-order valence-corrected chi connectivity index (χ2v) is 5.92. The van der Waals surface area contributed by atoms with Crippen LogP contribution in [0.4, 0.5) is 4.79 Å². The maximum atomic E-state index is 12.7. The Kier molecular flexibility index (Phi) is 7.26. The highest BCUT2D eigenvalue weighted by molar-refractivity contribution is 5.82. The number of esters is 1. The average Bonchev–Trinajstić information content (AvgIpc) is 2.65. The van der Waals surface area contributed by atoms with Crippen LogP contribution in [0.1, 0.15) is 31.7 Å². The molecule has 0 unspecified atom stereocenters. The molecule has 2 rings (SSSR count). The van der Waals surface area contributed by atoms with Gasteiger partial charge in [-0.1, -0.05) is 48.6 Å². The van der Waals surface area contributed by atoms with Crippen molar-refractivity contribution in [1.82, 2.24) is 4.90 Å². The molecule has 1 fully saturated rings. The Bertz CT molecular complexity index is 624. The summed E-state index contributed by atoms with van der Waals surface area (Å²) in [4.78, 5) is 25.8. The molecule has 0 bridgehead atoms. The number of hydrogen-bond acceptors (Lipinski definition) is 4. The summed E-state index contributed by atoms with van der Waals surface area (Å²) in [7, 11) is 1.34. The van der Waals surface area contributed by atoms with Gasteiger partial charge in [0.2, 0.25) is 0 Å². The van der Waals surface area contributed by atoms with Crippen molar-refractivity contribution < 1.29 is 19.1 Å². The van der Waals surface area contributed by atoms with Crippen molar-refractivity contribution in [2.24, 2.45) is 0 Å². The zero-order chi connectivity index (χ0) is 18.1. The molecule has 0 aliphatic carbocycles. The van der Waals surface area contributed by atoms with Crippen LogP contribution < -0.4 is 0 Å². The van der Waals surface area contributed by atoms with E-state index < -0.39 is 5.97 Å². The Morgan fingerprint density at radius 3 is 2.48 bits per heavy atom. The number of piperidine rings is 1. The highest BCUT2D eigenvalue weighted by atomic mass is 16.6. The van der Waals surface area contributed by atoms with Crippen LogP contribution in [0.2, 0.25) is 0 Å². The van der Waals surface area contributed by atoms with Gasteiger partial charge in [-0.3, -0.25) is 4.90 Å². The van der Waals surface area contributed by atoms with Gasteiger partial charge in [-0.25, -0.2) is 9.59 Å². The van der Waals surface area contributed by atoms with Crippen molar-refractivity contribution in [2.45, 2.75) is 44.9 Å². The molecule has 1 saturated heterocycles. The smallest absolute Gasteiger partial charge is 0.411 e. The van der Waals surface area contributed by atoms with Crippen LogP contribution >= 0.6 is 0 Å². The van der Waals surface area contributed by atoms with E-state index in [1.807, 2.05) is 49.4 Å². The number of benzene rings is 1. The summed E-state index contributed by atoms with van der Waals surface area (Å²) in [6, 6.07) is 9.37. The van der Waals surface area contributed by atoms with Crippen LogP contribution in [0.25, 0.3) is 0 Å². The van der Waals surface area contributed by atoms with E-state index in [0.717, 1.165) is 24.8 Å². The number of carbonyl (C=O) groups is 2. The first-order valence-electron chi connectivity index (χ1n) is 8.53. The molecule has 1 aromatic rings. The van der Waals surface area contributed by atoms with E-state index >= 15 is 0 Å². The summed E-state index contributed by atoms with van der Waals surface area (Å²) in [6.07, 6.45) is 9.33. The van der Waals surface area contributed by atoms with Crippen molar-refractivity contribution in [3.63, 3.8) is 0 Å². The summed E-state index contributed by atoms with van der Waals surface area (Å²) in [5.74, 6) is -0.425. The first kappa shape index (κ1) is 18.8. The number of allylic oxidation sites excluding steroid dienone is 1. The Morgan fingerprint density at radius 2 is 1.84 bits per heavy atom. The van der Waals surface area contributed by atoms with Gasteiger partial charge in [0.15, 0.2) is 0 Å². The molecule has 0 aromatic heterocycles. The van der Waals surface area contributed by atoms with Crippen LogP contribution in [0.15, 0.2) is 54.6 Å². The normalized spacial score (nSPS) is 20.8. The molecule has 0 saturated carbocycles. The van der Waals surface area contributed by atoms with Gasteiger partial charge in [-0.15, -0.1) is 0 Å². The molecule has 1 aliphatic rings. The summed E-state index contributed by atoms with van der Waals surface area (Å²) in [5.41, 5.74) is 0.942. The lowest BCUT2D eigenvalue weighted by Crippen LogP contribution is -2.48. The van der Waals surface area contributed by atoms with E-state index in [0.29, 0.717) is 0 Å². The average molecular weight is 343 g/mol. The number of nitrogens with zero attached hydrogens (tertiary/aromatic N) is 1. The van der Waals surface area contributed by atoms with E-state index in [-0.39, 0.29) is 24.8 Å². The van der Waals surface area contributed by atoms with Gasteiger partial charge in [0.05, 0.1) is 19.2 Å². The Hall–Kier alpha value is -2.56. The van der Waals surface area contributed by atoms with Gasteiger partial charge in [-0.05, 0) is 31.7 Å². The molecule has 5 nitrogen and oxygen atoms in total. The monoisotopic (exact) mass is 343 g/mol. The van der Waals surface area contributed by atoms with Crippen molar-refractivity contribution >= 4 is 12.1 Å². The third kappa shape index (κ3) is 5.48. The van der Waals surface area contributed by atoms with Crippen LogP contribution in [0.5, 0.6) is 0 Å². The van der Waals surface area contributed by atoms with Crippen molar-refractivity contribution in [1.29, 1.82) is 0 Å². The molecule has 2 atom stereocenters. The van der Waals surface area contributed by atoms with Gasteiger partial charge < -0.3 is 9.47 Å². The number of amides is 1. The van der Waals surface area contributed by atoms with Crippen LogP contribution in [-0.2, 0) is 20.9 Å². The SMILES string of the molecule is C/C=C\[C@@H]1CCC[C@H](/C=C/C(=O)OC)N1C(=O)OCc1ccccc1. The van der Waals surface area contributed by atoms with Crippen LogP contribution in [-0.4, -0.2) is 36.2 Å². The minimum absolute atomic E-state index is 0.0330. The Morgan fingerprint density at radius 1 is 1.16 bits per heavy atom. The van der Waals surface area contributed by atoms with Crippen molar-refractivity contribution in [3.05, 3.63) is 60.2 Å². The van der Waals surface area contributed by atoms with Gasteiger partial charge in [-0.2, -0.15) is 0 Å². The standard InChI is InChI=1S/C20H25NO4/c1-3-8-17-11-7-12-18(13-14-19(22)24-2)21(17)20(23)25-15-16-9-5-4-6-10-16/h3-6,8-10,13-14,17-18H,7,11-12,15H2,1-2H3/b8-3-,14-13+/t17-,18-/m1/s1. The van der Waals surface area contributed by atoms with Gasteiger partial charge in [0.1, 0.15) is 6.61 Å². The van der Waals surface area contributed by atoms with E-state index in [4.69, 9.17) is 4.74 Å².